The van der Waals surface area contributed by atoms with Crippen LogP contribution >= 0.6 is 0 Å². The summed E-state index contributed by atoms with van der Waals surface area (Å²) < 4.78 is 0. The largest absolute Gasteiger partial charge is 0.294 e. The molecule has 0 aliphatic rings. The van der Waals surface area contributed by atoms with Crippen LogP contribution in [0.1, 0.15) is 52.0 Å². The molecule has 0 bridgehead atoms. The van der Waals surface area contributed by atoms with E-state index in [-0.39, 0.29) is 5.78 Å². The van der Waals surface area contributed by atoms with E-state index in [0.717, 1.165) is 17.6 Å². The Bertz CT molecular complexity index is 452. The van der Waals surface area contributed by atoms with Gasteiger partial charge in [-0.05, 0) is 24.0 Å². The van der Waals surface area contributed by atoms with Crippen LogP contribution in [0, 0.1) is 5.92 Å². The average Bonchev–Trinajstić information content (AvgIpc) is 2.42. The van der Waals surface area contributed by atoms with Crippen LogP contribution in [0.4, 0.5) is 0 Å². The van der Waals surface area contributed by atoms with E-state index in [1.54, 1.807) is 0 Å². The first-order valence-corrected chi connectivity index (χ1v) is 7.60. The third-order valence-electron chi connectivity index (χ3n) is 3.06. The topological polar surface area (TPSA) is 17.1 Å². The molecule has 20 heavy (non-hydrogen) atoms. The number of carbonyl (C=O) groups is 1. The number of hydrogen-bond donors (Lipinski definition) is 0. The summed E-state index contributed by atoms with van der Waals surface area (Å²) in [5.41, 5.74) is 1.90. The number of unbranched alkanes of at least 4 members (excludes halogenated alkanes) is 2. The van der Waals surface area contributed by atoms with E-state index in [0.29, 0.717) is 12.3 Å². The van der Waals surface area contributed by atoms with Crippen molar-refractivity contribution in [3.05, 3.63) is 53.6 Å². The minimum Gasteiger partial charge on any atom is -0.294 e. The highest BCUT2D eigenvalue weighted by Crippen LogP contribution is 2.14. The van der Waals surface area contributed by atoms with Crippen molar-refractivity contribution in [3.63, 3.8) is 0 Å². The summed E-state index contributed by atoms with van der Waals surface area (Å²) in [4.78, 5) is 12.3. The fourth-order valence-corrected chi connectivity index (χ4v) is 1.97. The quantitative estimate of drug-likeness (QED) is 0.349. The Hall–Kier alpha value is -1.63. The summed E-state index contributed by atoms with van der Waals surface area (Å²) in [6.07, 6.45) is 10.1. The Kier molecular flexibility index (Phi) is 7.64. The van der Waals surface area contributed by atoms with E-state index >= 15 is 0 Å². The summed E-state index contributed by atoms with van der Waals surface area (Å²) in [6.45, 7) is 6.34. The van der Waals surface area contributed by atoms with Crippen LogP contribution in [-0.4, -0.2) is 5.78 Å². The molecule has 0 saturated carbocycles. The fraction of sp³-hybridized carbons (Fsp3) is 0.421. The Morgan fingerprint density at radius 1 is 1.20 bits per heavy atom. The number of rotatable bonds is 8. The van der Waals surface area contributed by atoms with Gasteiger partial charge in [-0.3, -0.25) is 4.79 Å². The Morgan fingerprint density at radius 2 is 1.90 bits per heavy atom. The first kappa shape index (κ1) is 16.4. The Balaban J connectivity index is 2.86. The van der Waals surface area contributed by atoms with Crippen LogP contribution in [0.25, 0.3) is 6.08 Å². The second kappa shape index (κ2) is 9.30. The van der Waals surface area contributed by atoms with Crippen LogP contribution < -0.4 is 0 Å². The van der Waals surface area contributed by atoms with Crippen molar-refractivity contribution >= 4 is 11.9 Å². The van der Waals surface area contributed by atoms with Gasteiger partial charge >= 0.3 is 0 Å². The van der Waals surface area contributed by atoms with Gasteiger partial charge in [-0.1, -0.05) is 76.1 Å². The molecule has 1 nitrogen and oxygen atoms in total. The van der Waals surface area contributed by atoms with Crippen molar-refractivity contribution in [2.75, 3.05) is 0 Å². The van der Waals surface area contributed by atoms with Crippen LogP contribution in [0.15, 0.2) is 48.1 Å². The van der Waals surface area contributed by atoms with Crippen LogP contribution in [0.3, 0.4) is 0 Å². The molecule has 0 fully saturated rings. The zero-order valence-corrected chi connectivity index (χ0v) is 12.9. The molecule has 1 aromatic rings. The van der Waals surface area contributed by atoms with E-state index < -0.39 is 0 Å². The maximum Gasteiger partial charge on any atom is 0.163 e. The third kappa shape index (κ3) is 6.51. The van der Waals surface area contributed by atoms with Gasteiger partial charge in [0.2, 0.25) is 0 Å². The molecular weight excluding hydrogens is 244 g/mol. The monoisotopic (exact) mass is 270 g/mol. The molecule has 0 unspecified atom stereocenters. The molecule has 0 radical (unpaired) electrons. The van der Waals surface area contributed by atoms with Gasteiger partial charge in [0.1, 0.15) is 0 Å². The molecule has 0 saturated heterocycles. The molecule has 0 atom stereocenters. The molecule has 0 aliphatic carbocycles. The number of benzene rings is 1. The molecular formula is C19H26O. The van der Waals surface area contributed by atoms with Gasteiger partial charge in [-0.2, -0.15) is 0 Å². The summed E-state index contributed by atoms with van der Waals surface area (Å²) in [6, 6.07) is 10.0. The highest BCUT2D eigenvalue weighted by atomic mass is 16.1. The molecule has 0 aromatic heterocycles. The fourth-order valence-electron chi connectivity index (χ4n) is 1.97. The lowest BCUT2D eigenvalue weighted by atomic mass is 9.98. The first-order valence-electron chi connectivity index (χ1n) is 7.60. The van der Waals surface area contributed by atoms with E-state index in [4.69, 9.17) is 0 Å². The molecule has 1 heteroatoms. The maximum absolute atomic E-state index is 12.3. The smallest absolute Gasteiger partial charge is 0.163 e. The van der Waals surface area contributed by atoms with Crippen molar-refractivity contribution in [1.82, 2.24) is 0 Å². The number of hydrogen-bond acceptors (Lipinski definition) is 1. The SMILES string of the molecule is CCCCC=CC(=Cc1ccccc1)C(=O)CC(C)C. The minimum absolute atomic E-state index is 0.233. The van der Waals surface area contributed by atoms with Crippen molar-refractivity contribution in [3.8, 4) is 0 Å². The van der Waals surface area contributed by atoms with Gasteiger partial charge in [-0.15, -0.1) is 0 Å². The maximum atomic E-state index is 12.3. The number of carbonyl (C=O) groups excluding carboxylic acids is 1. The molecule has 1 aromatic carbocycles. The third-order valence-corrected chi connectivity index (χ3v) is 3.06. The summed E-state index contributed by atoms with van der Waals surface area (Å²) >= 11 is 0. The van der Waals surface area contributed by atoms with E-state index in [9.17, 15) is 4.79 Å². The predicted molar refractivity (Wildman–Crippen MR) is 87.5 cm³/mol. The normalized spacial score (nSPS) is 12.3. The highest BCUT2D eigenvalue weighted by molar-refractivity contribution is 6.02. The lowest BCUT2D eigenvalue weighted by Crippen LogP contribution is -2.04. The van der Waals surface area contributed by atoms with Gasteiger partial charge < -0.3 is 0 Å². The second-order valence-electron chi connectivity index (χ2n) is 5.58. The average molecular weight is 270 g/mol. The lowest BCUT2D eigenvalue weighted by molar-refractivity contribution is -0.115. The van der Waals surface area contributed by atoms with Gasteiger partial charge in [0.05, 0.1) is 0 Å². The van der Waals surface area contributed by atoms with Gasteiger partial charge in [0.25, 0.3) is 0 Å². The van der Waals surface area contributed by atoms with Crippen molar-refractivity contribution in [2.24, 2.45) is 5.92 Å². The lowest BCUT2D eigenvalue weighted by Gasteiger charge is -2.05. The van der Waals surface area contributed by atoms with Gasteiger partial charge in [-0.25, -0.2) is 0 Å². The van der Waals surface area contributed by atoms with Crippen LogP contribution in [0.5, 0.6) is 0 Å². The summed E-state index contributed by atoms with van der Waals surface area (Å²) in [7, 11) is 0. The number of Topliss-reactive ketones (excluding diaryl/α,β-unsaturated/α-hetero) is 1. The molecule has 0 N–H and O–H groups in total. The Morgan fingerprint density at radius 3 is 2.50 bits per heavy atom. The van der Waals surface area contributed by atoms with Gasteiger partial charge in [0, 0.05) is 12.0 Å². The van der Waals surface area contributed by atoms with E-state index in [2.05, 4.69) is 26.8 Å². The zero-order valence-electron chi connectivity index (χ0n) is 12.9. The molecule has 0 aliphatic heterocycles. The summed E-state index contributed by atoms with van der Waals surface area (Å²) in [5.74, 6) is 0.627. The molecule has 108 valence electrons. The predicted octanol–water partition coefficient (Wildman–Crippen LogP) is 5.43. The van der Waals surface area contributed by atoms with E-state index in [1.807, 2.05) is 42.5 Å². The van der Waals surface area contributed by atoms with Crippen molar-refractivity contribution < 1.29 is 4.79 Å². The highest BCUT2D eigenvalue weighted by Gasteiger charge is 2.09. The second-order valence-corrected chi connectivity index (χ2v) is 5.58. The standard InChI is InChI=1S/C19H26O/c1-4-5-6-10-13-18(19(20)14-16(2)3)15-17-11-8-7-9-12-17/h7-13,15-16H,4-6,14H2,1-3H3. The van der Waals surface area contributed by atoms with Crippen LogP contribution in [0.2, 0.25) is 0 Å². The van der Waals surface area contributed by atoms with Crippen molar-refractivity contribution in [2.45, 2.75) is 46.5 Å². The summed E-state index contributed by atoms with van der Waals surface area (Å²) in [5, 5.41) is 0. The van der Waals surface area contributed by atoms with Crippen LogP contribution in [-0.2, 0) is 4.79 Å². The van der Waals surface area contributed by atoms with Crippen molar-refractivity contribution in [1.29, 1.82) is 0 Å². The minimum atomic E-state index is 0.233. The zero-order chi connectivity index (χ0) is 14.8. The molecule has 1 rings (SSSR count). The first-order chi connectivity index (χ1) is 9.63. The Labute approximate surface area is 123 Å². The molecule has 0 amide bonds. The molecule has 0 heterocycles. The molecule has 0 spiro atoms. The van der Waals surface area contributed by atoms with E-state index in [1.165, 1.54) is 12.8 Å². The number of ketones is 1. The number of allylic oxidation sites excluding steroid dienone is 3. The van der Waals surface area contributed by atoms with Gasteiger partial charge in [0.15, 0.2) is 5.78 Å².